The number of nitrogens with one attached hydrogen (secondary N) is 1. The fraction of sp³-hybridized carbons (Fsp3) is 0.667. The molecule has 2 fully saturated rings. The Kier molecular flexibility index (Phi) is 4.93. The van der Waals surface area contributed by atoms with E-state index in [1.54, 1.807) is 0 Å². The molecule has 2 atom stereocenters. The second-order valence-corrected chi connectivity index (χ2v) is 8.15. The number of hydrogen-bond donors (Lipinski definition) is 2. The molecule has 142 valence electrons. The number of ether oxygens (including phenoxy) is 1. The van der Waals surface area contributed by atoms with Crippen LogP contribution in [0, 0.1) is 11.8 Å². The van der Waals surface area contributed by atoms with E-state index in [4.69, 9.17) is 4.74 Å². The third-order valence-corrected chi connectivity index (χ3v) is 6.65. The number of likely N-dealkylation sites (tertiary alicyclic amines) is 1. The maximum atomic E-state index is 13.2. The minimum absolute atomic E-state index is 0.0794. The van der Waals surface area contributed by atoms with Crippen LogP contribution in [-0.4, -0.2) is 54.4 Å². The Morgan fingerprint density at radius 2 is 2.15 bits per heavy atom. The van der Waals surface area contributed by atoms with E-state index in [0.717, 1.165) is 56.7 Å². The van der Waals surface area contributed by atoms with Gasteiger partial charge in [-0.2, -0.15) is 0 Å². The van der Waals surface area contributed by atoms with E-state index in [0.29, 0.717) is 19.5 Å². The largest absolute Gasteiger partial charge is 0.389 e. The third-order valence-electron chi connectivity index (χ3n) is 6.65. The summed E-state index contributed by atoms with van der Waals surface area (Å²) in [5.41, 5.74) is 2.37. The molecule has 5 heteroatoms. The molecule has 4 rings (SSSR count). The third kappa shape index (κ3) is 3.12. The molecule has 0 unspecified atom stereocenters. The number of hydrogen-bond acceptors (Lipinski definition) is 4. The predicted molar refractivity (Wildman–Crippen MR) is 101 cm³/mol. The monoisotopic (exact) mass is 358 g/mol. The van der Waals surface area contributed by atoms with Crippen molar-refractivity contribution in [2.45, 2.75) is 44.6 Å². The minimum Gasteiger partial charge on any atom is -0.389 e. The van der Waals surface area contributed by atoms with Crippen LogP contribution in [0.3, 0.4) is 0 Å². The molecule has 0 aromatic heterocycles. The molecule has 1 aromatic carbocycles. The number of amides is 1. The number of piperidine rings is 1. The molecule has 1 aromatic rings. The Labute approximate surface area is 155 Å². The molecule has 1 amide bonds. The quantitative estimate of drug-likeness (QED) is 0.853. The highest BCUT2D eigenvalue weighted by Gasteiger charge is 2.46. The van der Waals surface area contributed by atoms with Crippen LogP contribution in [0.1, 0.15) is 48.5 Å². The first kappa shape index (κ1) is 17.8. The molecule has 3 heterocycles. The molecule has 0 saturated carbocycles. The van der Waals surface area contributed by atoms with Crippen LogP contribution in [-0.2, 0) is 11.2 Å². The Hall–Kier alpha value is -1.59. The van der Waals surface area contributed by atoms with Gasteiger partial charge >= 0.3 is 0 Å². The predicted octanol–water partition coefficient (Wildman–Crippen LogP) is 2.68. The molecular weight excluding hydrogens is 328 g/mol. The van der Waals surface area contributed by atoms with Crippen LogP contribution in [0.2, 0.25) is 0 Å². The highest BCUT2D eigenvalue weighted by molar-refractivity contribution is 6.00. The van der Waals surface area contributed by atoms with Crippen molar-refractivity contribution < 1.29 is 14.6 Å². The van der Waals surface area contributed by atoms with Gasteiger partial charge < -0.3 is 20.1 Å². The maximum absolute atomic E-state index is 13.2. The first-order valence-electron chi connectivity index (χ1n) is 10.0. The SMILES string of the molecule is C[C@@H]1CN(C(=O)c2cccc3c2NCCC3)CC[C@@]1(O)C1CCOCC1. The molecule has 2 N–H and O–H groups in total. The van der Waals surface area contributed by atoms with Gasteiger partial charge in [-0.15, -0.1) is 0 Å². The van der Waals surface area contributed by atoms with E-state index in [-0.39, 0.29) is 17.7 Å². The summed E-state index contributed by atoms with van der Waals surface area (Å²) in [4.78, 5) is 15.1. The van der Waals surface area contributed by atoms with Crippen LogP contribution < -0.4 is 5.32 Å². The summed E-state index contributed by atoms with van der Waals surface area (Å²) in [6.07, 6.45) is 4.65. The minimum atomic E-state index is -0.672. The van der Waals surface area contributed by atoms with Crippen molar-refractivity contribution in [1.29, 1.82) is 0 Å². The van der Waals surface area contributed by atoms with Gasteiger partial charge in [0.15, 0.2) is 0 Å². The summed E-state index contributed by atoms with van der Waals surface area (Å²) in [7, 11) is 0. The standard InChI is InChI=1S/C21H30N2O3/c1-15-14-23(11-9-21(15,25)17-7-12-26-13-8-17)20(24)18-6-2-4-16-5-3-10-22-19(16)18/h2,4,6,15,17,22,25H,3,5,7-14H2,1H3/t15-,21+/m1/s1. The fourth-order valence-electron chi connectivity index (χ4n) is 4.99. The van der Waals surface area contributed by atoms with Crippen molar-refractivity contribution in [2.75, 3.05) is 38.2 Å². The van der Waals surface area contributed by atoms with Crippen molar-refractivity contribution in [3.05, 3.63) is 29.3 Å². The zero-order valence-corrected chi connectivity index (χ0v) is 15.7. The van der Waals surface area contributed by atoms with Gasteiger partial charge in [-0.25, -0.2) is 0 Å². The topological polar surface area (TPSA) is 61.8 Å². The molecule has 2 saturated heterocycles. The highest BCUT2D eigenvalue weighted by Crippen LogP contribution is 2.40. The Balaban J connectivity index is 1.50. The van der Waals surface area contributed by atoms with Gasteiger partial charge in [0.1, 0.15) is 0 Å². The number of nitrogens with zero attached hydrogens (tertiary/aromatic N) is 1. The highest BCUT2D eigenvalue weighted by atomic mass is 16.5. The second-order valence-electron chi connectivity index (χ2n) is 8.15. The van der Waals surface area contributed by atoms with E-state index in [1.165, 1.54) is 5.56 Å². The summed E-state index contributed by atoms with van der Waals surface area (Å²) >= 11 is 0. The van der Waals surface area contributed by atoms with Gasteiger partial charge in [-0.05, 0) is 49.7 Å². The van der Waals surface area contributed by atoms with E-state index in [2.05, 4.69) is 18.3 Å². The maximum Gasteiger partial charge on any atom is 0.255 e. The van der Waals surface area contributed by atoms with Gasteiger partial charge in [0.2, 0.25) is 0 Å². The van der Waals surface area contributed by atoms with Gasteiger partial charge in [-0.3, -0.25) is 4.79 Å². The van der Waals surface area contributed by atoms with Crippen LogP contribution in [0.15, 0.2) is 18.2 Å². The van der Waals surface area contributed by atoms with Gasteiger partial charge in [-0.1, -0.05) is 19.1 Å². The first-order valence-corrected chi connectivity index (χ1v) is 10.0. The number of rotatable bonds is 2. The normalized spacial score (nSPS) is 29.8. The number of carbonyl (C=O) groups excluding carboxylic acids is 1. The number of para-hydroxylation sites is 1. The lowest BCUT2D eigenvalue weighted by molar-refractivity contribution is -0.125. The first-order chi connectivity index (χ1) is 12.6. The van der Waals surface area contributed by atoms with Crippen molar-refractivity contribution in [2.24, 2.45) is 11.8 Å². The molecule has 0 spiro atoms. The van der Waals surface area contributed by atoms with Crippen molar-refractivity contribution in [3.8, 4) is 0 Å². The van der Waals surface area contributed by atoms with Gasteiger partial charge in [0.05, 0.1) is 16.9 Å². The molecule has 26 heavy (non-hydrogen) atoms. The number of carbonyl (C=O) groups is 1. The number of fused-ring (bicyclic) bond motifs is 1. The average molecular weight is 358 g/mol. The molecule has 5 nitrogen and oxygen atoms in total. The fourth-order valence-corrected chi connectivity index (χ4v) is 4.99. The summed E-state index contributed by atoms with van der Waals surface area (Å²) in [6, 6.07) is 6.04. The van der Waals surface area contributed by atoms with Gasteiger partial charge in [0.25, 0.3) is 5.91 Å². The van der Waals surface area contributed by atoms with Crippen LogP contribution >= 0.6 is 0 Å². The zero-order chi connectivity index (χ0) is 18.1. The summed E-state index contributed by atoms with van der Waals surface area (Å²) in [6.45, 7) is 5.75. The molecule has 0 aliphatic carbocycles. The van der Waals surface area contributed by atoms with Crippen molar-refractivity contribution >= 4 is 11.6 Å². The Bertz CT molecular complexity index is 671. The van der Waals surface area contributed by atoms with Crippen LogP contribution in [0.25, 0.3) is 0 Å². The lowest BCUT2D eigenvalue weighted by atomic mass is 9.70. The molecule has 0 radical (unpaired) electrons. The molecule has 0 bridgehead atoms. The summed E-state index contributed by atoms with van der Waals surface area (Å²) < 4.78 is 5.46. The Morgan fingerprint density at radius 3 is 2.92 bits per heavy atom. The van der Waals surface area contributed by atoms with E-state index >= 15 is 0 Å². The number of aryl methyl sites for hydroxylation is 1. The van der Waals surface area contributed by atoms with E-state index in [1.807, 2.05) is 17.0 Å². The van der Waals surface area contributed by atoms with E-state index < -0.39 is 5.60 Å². The lowest BCUT2D eigenvalue weighted by Gasteiger charge is -2.48. The van der Waals surface area contributed by atoms with Crippen LogP contribution in [0.5, 0.6) is 0 Å². The van der Waals surface area contributed by atoms with Crippen molar-refractivity contribution in [3.63, 3.8) is 0 Å². The number of anilines is 1. The second kappa shape index (κ2) is 7.20. The average Bonchev–Trinajstić information content (AvgIpc) is 2.70. The Morgan fingerprint density at radius 1 is 1.35 bits per heavy atom. The molecule has 3 aliphatic rings. The molecular formula is C21H30N2O3. The lowest BCUT2D eigenvalue weighted by Crippen LogP contribution is -2.56. The van der Waals surface area contributed by atoms with Crippen molar-refractivity contribution in [1.82, 2.24) is 4.90 Å². The van der Waals surface area contributed by atoms with E-state index in [9.17, 15) is 9.90 Å². The number of benzene rings is 1. The van der Waals surface area contributed by atoms with Gasteiger partial charge in [0, 0.05) is 38.8 Å². The van der Waals surface area contributed by atoms with Crippen LogP contribution in [0.4, 0.5) is 5.69 Å². The number of aliphatic hydroxyl groups is 1. The smallest absolute Gasteiger partial charge is 0.255 e. The summed E-state index contributed by atoms with van der Waals surface area (Å²) in [5.74, 6) is 0.461. The zero-order valence-electron chi connectivity index (χ0n) is 15.7. The molecule has 3 aliphatic heterocycles. The summed E-state index contributed by atoms with van der Waals surface area (Å²) in [5, 5.41) is 14.7.